The van der Waals surface area contributed by atoms with Crippen molar-refractivity contribution >= 4 is 38.2 Å². The molecule has 2 heterocycles. The largest absolute Gasteiger partial charge is 0.463 e. The molecule has 0 radical (unpaired) electrons. The van der Waals surface area contributed by atoms with Gasteiger partial charge in [0.05, 0.1) is 18.9 Å². The van der Waals surface area contributed by atoms with Crippen molar-refractivity contribution in [3.05, 3.63) is 29.1 Å². The molecule has 2 aromatic rings. The maximum atomic E-state index is 11.5. The molecule has 0 aliphatic carbocycles. The first-order valence-electron chi connectivity index (χ1n) is 7.25. The zero-order valence-corrected chi connectivity index (χ0v) is 14.5. The highest BCUT2D eigenvalue weighted by atomic mass is 32.1. The van der Waals surface area contributed by atoms with E-state index in [0.717, 1.165) is 27.2 Å². The van der Waals surface area contributed by atoms with Gasteiger partial charge in [-0.15, -0.1) is 0 Å². The average Bonchev–Trinajstić information content (AvgIpc) is 2.75. The molecule has 0 aromatic carbocycles. The van der Waals surface area contributed by atoms with Gasteiger partial charge in [0, 0.05) is 30.0 Å². The molecule has 2 rings (SSSR count). The molecular formula is C16H21N3O3S. The van der Waals surface area contributed by atoms with E-state index >= 15 is 0 Å². The minimum absolute atomic E-state index is 0.341. The Hall–Kier alpha value is -2.12. The van der Waals surface area contributed by atoms with Crippen LogP contribution in [0.4, 0.5) is 10.7 Å². The Labute approximate surface area is 139 Å². The highest BCUT2D eigenvalue weighted by molar-refractivity contribution is 7.23. The lowest BCUT2D eigenvalue weighted by Crippen LogP contribution is -2.05. The fraction of sp³-hybridized carbons (Fsp3) is 0.375. The maximum absolute atomic E-state index is 11.5. The Kier molecular flexibility index (Phi) is 5.57. The number of aromatic nitrogens is 1. The Balaban J connectivity index is 2.44. The van der Waals surface area contributed by atoms with E-state index < -0.39 is 0 Å². The number of carbonyl (C=O) groups excluding carboxylic acids is 1. The number of ether oxygens (including phenoxy) is 2. The number of fused-ring (bicyclic) bond motifs is 1. The van der Waals surface area contributed by atoms with Crippen LogP contribution in [0.15, 0.2) is 17.8 Å². The fourth-order valence-corrected chi connectivity index (χ4v) is 3.31. The second-order valence-corrected chi connectivity index (χ2v) is 6.11. The molecule has 0 bridgehead atoms. The number of nitrogen functional groups attached to an aromatic ring is 1. The van der Waals surface area contributed by atoms with Crippen molar-refractivity contribution in [1.82, 2.24) is 4.98 Å². The van der Waals surface area contributed by atoms with E-state index in [1.807, 2.05) is 13.0 Å². The standard InChI is InChI=1S/C16H21N3O3S/c1-5-22-12(20)7-10(3)18-14-13-11(8-21-4)6-9(2)19-16(13)23-15(14)17/h6-7,18H,5,8,17H2,1-4H3. The number of methoxy groups -OCH3 is 1. The Bertz CT molecular complexity index is 753. The summed E-state index contributed by atoms with van der Waals surface area (Å²) in [6.07, 6.45) is 1.41. The van der Waals surface area contributed by atoms with Gasteiger partial charge < -0.3 is 20.5 Å². The average molecular weight is 335 g/mol. The van der Waals surface area contributed by atoms with E-state index in [-0.39, 0.29) is 5.97 Å². The monoisotopic (exact) mass is 335 g/mol. The minimum Gasteiger partial charge on any atom is -0.463 e. The van der Waals surface area contributed by atoms with Gasteiger partial charge in [-0.05, 0) is 32.4 Å². The van der Waals surface area contributed by atoms with Gasteiger partial charge in [0.15, 0.2) is 0 Å². The van der Waals surface area contributed by atoms with E-state index in [2.05, 4.69) is 10.3 Å². The van der Waals surface area contributed by atoms with Gasteiger partial charge in [-0.3, -0.25) is 0 Å². The highest BCUT2D eigenvalue weighted by Gasteiger charge is 2.16. The van der Waals surface area contributed by atoms with Crippen LogP contribution in [0.5, 0.6) is 0 Å². The lowest BCUT2D eigenvalue weighted by atomic mass is 10.1. The van der Waals surface area contributed by atoms with Crippen LogP contribution in [0, 0.1) is 6.92 Å². The molecular weight excluding hydrogens is 314 g/mol. The summed E-state index contributed by atoms with van der Waals surface area (Å²) in [7, 11) is 1.65. The third-order valence-electron chi connectivity index (χ3n) is 3.14. The number of pyridine rings is 1. The van der Waals surface area contributed by atoms with Crippen LogP contribution < -0.4 is 11.1 Å². The third-order valence-corrected chi connectivity index (χ3v) is 4.05. The van der Waals surface area contributed by atoms with E-state index in [4.69, 9.17) is 15.2 Å². The number of carbonyl (C=O) groups is 1. The molecule has 0 amide bonds. The summed E-state index contributed by atoms with van der Waals surface area (Å²) in [5.74, 6) is -0.387. The molecule has 6 nitrogen and oxygen atoms in total. The summed E-state index contributed by atoms with van der Waals surface area (Å²) in [5, 5.41) is 4.74. The number of hydrogen-bond donors (Lipinski definition) is 2. The van der Waals surface area contributed by atoms with Crippen LogP contribution in [-0.4, -0.2) is 24.7 Å². The van der Waals surface area contributed by atoms with Crippen molar-refractivity contribution in [1.29, 1.82) is 0 Å². The van der Waals surface area contributed by atoms with Gasteiger partial charge in [-0.2, -0.15) is 0 Å². The Morgan fingerprint density at radius 3 is 2.91 bits per heavy atom. The number of hydrogen-bond acceptors (Lipinski definition) is 7. The van der Waals surface area contributed by atoms with Gasteiger partial charge in [0.1, 0.15) is 9.83 Å². The molecule has 23 heavy (non-hydrogen) atoms. The first kappa shape index (κ1) is 17.2. The summed E-state index contributed by atoms with van der Waals surface area (Å²) in [6, 6.07) is 1.98. The summed E-state index contributed by atoms with van der Waals surface area (Å²) >= 11 is 1.41. The van der Waals surface area contributed by atoms with Crippen molar-refractivity contribution < 1.29 is 14.3 Å². The van der Waals surface area contributed by atoms with Crippen LogP contribution in [0.3, 0.4) is 0 Å². The number of allylic oxidation sites excluding steroid dienone is 1. The van der Waals surface area contributed by atoms with E-state index in [1.54, 1.807) is 21.0 Å². The molecule has 7 heteroatoms. The first-order chi connectivity index (χ1) is 11.0. The molecule has 0 spiro atoms. The number of aryl methyl sites for hydroxylation is 1. The zero-order valence-electron chi connectivity index (χ0n) is 13.7. The van der Waals surface area contributed by atoms with Crippen molar-refractivity contribution in [2.45, 2.75) is 27.4 Å². The molecule has 0 aliphatic heterocycles. The molecule has 0 unspecified atom stereocenters. The van der Waals surface area contributed by atoms with Gasteiger partial charge in [-0.1, -0.05) is 11.3 Å². The predicted molar refractivity (Wildman–Crippen MR) is 93.5 cm³/mol. The zero-order chi connectivity index (χ0) is 17.0. The van der Waals surface area contributed by atoms with Gasteiger partial charge >= 0.3 is 5.97 Å². The normalized spacial score (nSPS) is 11.7. The van der Waals surface area contributed by atoms with Crippen LogP contribution in [0.2, 0.25) is 0 Å². The second-order valence-electron chi connectivity index (χ2n) is 5.08. The van der Waals surface area contributed by atoms with Crippen LogP contribution in [0.25, 0.3) is 10.2 Å². The van der Waals surface area contributed by atoms with Crippen molar-refractivity contribution in [2.75, 3.05) is 24.8 Å². The van der Waals surface area contributed by atoms with Gasteiger partial charge in [-0.25, -0.2) is 9.78 Å². The van der Waals surface area contributed by atoms with E-state index in [1.165, 1.54) is 17.4 Å². The molecule has 0 saturated carbocycles. The topological polar surface area (TPSA) is 86.5 Å². The number of esters is 1. The number of nitrogens with two attached hydrogens (primary N) is 1. The molecule has 124 valence electrons. The van der Waals surface area contributed by atoms with E-state index in [9.17, 15) is 4.79 Å². The van der Waals surface area contributed by atoms with Crippen LogP contribution >= 0.6 is 11.3 Å². The molecule has 0 saturated heterocycles. The van der Waals surface area contributed by atoms with Crippen molar-refractivity contribution in [2.24, 2.45) is 0 Å². The quantitative estimate of drug-likeness (QED) is 0.623. The Morgan fingerprint density at radius 1 is 1.52 bits per heavy atom. The number of anilines is 2. The smallest absolute Gasteiger partial charge is 0.332 e. The molecule has 0 fully saturated rings. The summed E-state index contributed by atoms with van der Waals surface area (Å²) < 4.78 is 10.2. The summed E-state index contributed by atoms with van der Waals surface area (Å²) in [5.41, 5.74) is 9.46. The molecule has 0 atom stereocenters. The van der Waals surface area contributed by atoms with Crippen LogP contribution in [0.1, 0.15) is 25.1 Å². The van der Waals surface area contributed by atoms with Gasteiger partial charge in [0.2, 0.25) is 0 Å². The molecule has 2 aromatic heterocycles. The lowest BCUT2D eigenvalue weighted by molar-refractivity contribution is -0.137. The summed E-state index contributed by atoms with van der Waals surface area (Å²) in [6.45, 7) is 6.30. The second kappa shape index (κ2) is 7.43. The predicted octanol–water partition coefficient (Wildman–Crippen LogP) is 3.21. The lowest BCUT2D eigenvalue weighted by Gasteiger charge is -2.10. The first-order valence-corrected chi connectivity index (χ1v) is 8.07. The number of thiophene rings is 1. The molecule has 3 N–H and O–H groups in total. The Morgan fingerprint density at radius 2 is 2.26 bits per heavy atom. The van der Waals surface area contributed by atoms with E-state index in [0.29, 0.717) is 23.9 Å². The number of nitrogens with one attached hydrogen (secondary N) is 1. The SMILES string of the molecule is CCOC(=O)C=C(C)Nc1c(N)sc2nc(C)cc(COC)c12. The van der Waals surface area contributed by atoms with Crippen LogP contribution in [-0.2, 0) is 20.9 Å². The molecule has 0 aliphatic rings. The maximum Gasteiger partial charge on any atom is 0.332 e. The fourth-order valence-electron chi connectivity index (χ4n) is 2.32. The number of nitrogens with zero attached hydrogens (tertiary/aromatic N) is 1. The third kappa shape index (κ3) is 4.00. The minimum atomic E-state index is -0.387. The highest BCUT2D eigenvalue weighted by Crippen LogP contribution is 2.40. The number of rotatable bonds is 6. The van der Waals surface area contributed by atoms with Crippen molar-refractivity contribution in [3.8, 4) is 0 Å². The summed E-state index contributed by atoms with van der Waals surface area (Å²) in [4.78, 5) is 16.9. The van der Waals surface area contributed by atoms with Crippen molar-refractivity contribution in [3.63, 3.8) is 0 Å². The van der Waals surface area contributed by atoms with Gasteiger partial charge in [0.25, 0.3) is 0 Å².